The molecule has 2 atom stereocenters. The number of carboxylic acids is 1. The van der Waals surface area contributed by atoms with Gasteiger partial charge >= 0.3 is 5.97 Å². The van der Waals surface area contributed by atoms with E-state index in [4.69, 9.17) is 0 Å². The van der Waals surface area contributed by atoms with Crippen LogP contribution in [0.25, 0.3) is 0 Å². The van der Waals surface area contributed by atoms with Crippen LogP contribution < -0.4 is 0 Å². The molecule has 0 aromatic heterocycles. The Bertz CT molecular complexity index is 275. The molecular weight excluding hydrogens is 296 g/mol. The van der Waals surface area contributed by atoms with Crippen molar-refractivity contribution in [2.24, 2.45) is 11.8 Å². The van der Waals surface area contributed by atoms with Gasteiger partial charge in [-0.25, -0.2) is 0 Å². The summed E-state index contributed by atoms with van der Waals surface area (Å²) >= 11 is 0. The van der Waals surface area contributed by atoms with E-state index in [1.54, 1.807) is 0 Å². The van der Waals surface area contributed by atoms with Gasteiger partial charge < -0.3 is 5.11 Å². The molecule has 144 valence electrons. The summed E-state index contributed by atoms with van der Waals surface area (Å²) in [4.78, 5) is 11.6. The van der Waals surface area contributed by atoms with Gasteiger partial charge in [-0.05, 0) is 18.8 Å². The second-order valence-corrected chi connectivity index (χ2v) is 7.74. The van der Waals surface area contributed by atoms with Crippen LogP contribution in [0.2, 0.25) is 0 Å². The van der Waals surface area contributed by atoms with E-state index in [2.05, 4.69) is 20.8 Å². The third-order valence-corrected chi connectivity index (χ3v) is 5.39. The molecule has 0 saturated heterocycles. The molecule has 0 spiro atoms. The zero-order chi connectivity index (χ0) is 18.0. The first-order chi connectivity index (χ1) is 11.6. The number of carbonyl (C=O) groups is 1. The Morgan fingerprint density at radius 1 is 0.667 bits per heavy atom. The van der Waals surface area contributed by atoms with Crippen LogP contribution in [0.15, 0.2) is 0 Å². The number of carboxylic acid groups (broad SMARTS) is 1. The van der Waals surface area contributed by atoms with E-state index in [0.717, 1.165) is 19.3 Å². The third kappa shape index (κ3) is 13.9. The van der Waals surface area contributed by atoms with E-state index in [1.165, 1.54) is 83.5 Å². The van der Waals surface area contributed by atoms with Crippen molar-refractivity contribution in [1.29, 1.82) is 0 Å². The van der Waals surface area contributed by atoms with Gasteiger partial charge in [-0.3, -0.25) is 4.79 Å². The monoisotopic (exact) mass is 340 g/mol. The van der Waals surface area contributed by atoms with E-state index < -0.39 is 5.97 Å². The van der Waals surface area contributed by atoms with Crippen LogP contribution >= 0.6 is 0 Å². The molecular formula is C22H44O2. The number of hydrogen-bond donors (Lipinski definition) is 1. The highest BCUT2D eigenvalue weighted by atomic mass is 16.4. The molecule has 0 aromatic rings. The minimum absolute atomic E-state index is 0.124. The van der Waals surface area contributed by atoms with Gasteiger partial charge in [-0.1, -0.05) is 111 Å². The van der Waals surface area contributed by atoms with E-state index in [9.17, 15) is 9.90 Å². The molecule has 0 heterocycles. The quantitative estimate of drug-likeness (QED) is 0.261. The fourth-order valence-corrected chi connectivity index (χ4v) is 3.60. The Labute approximate surface area is 151 Å². The molecule has 1 N–H and O–H groups in total. The lowest BCUT2D eigenvalue weighted by molar-refractivity contribution is -0.143. The molecule has 0 aliphatic rings. The summed E-state index contributed by atoms with van der Waals surface area (Å²) in [6.45, 7) is 6.64. The van der Waals surface area contributed by atoms with Crippen molar-refractivity contribution in [3.8, 4) is 0 Å². The number of rotatable bonds is 18. The standard InChI is InChI=1S/C22H44O2/c1-4-6-8-10-12-13-15-17-19-21(22(23)24)20(3)18-16-14-11-9-7-5-2/h20-21H,4-19H2,1-3H3,(H,23,24). The fraction of sp³-hybridized carbons (Fsp3) is 0.955. The van der Waals surface area contributed by atoms with E-state index in [0.29, 0.717) is 5.92 Å². The second-order valence-electron chi connectivity index (χ2n) is 7.74. The second kappa shape index (κ2) is 17.3. The molecule has 2 nitrogen and oxygen atoms in total. The molecule has 2 heteroatoms. The van der Waals surface area contributed by atoms with Crippen molar-refractivity contribution in [3.63, 3.8) is 0 Å². The van der Waals surface area contributed by atoms with Crippen LogP contribution in [-0.4, -0.2) is 11.1 Å². The van der Waals surface area contributed by atoms with Crippen molar-refractivity contribution in [1.82, 2.24) is 0 Å². The summed E-state index contributed by atoms with van der Waals surface area (Å²) in [5.41, 5.74) is 0. The van der Waals surface area contributed by atoms with Crippen molar-refractivity contribution in [3.05, 3.63) is 0 Å². The summed E-state index contributed by atoms with van der Waals surface area (Å²) in [7, 11) is 0. The van der Waals surface area contributed by atoms with E-state index in [1.807, 2.05) is 0 Å². The Morgan fingerprint density at radius 3 is 1.46 bits per heavy atom. The summed E-state index contributed by atoms with van der Waals surface area (Å²) in [5, 5.41) is 9.52. The average Bonchev–Trinajstić information content (AvgIpc) is 2.56. The van der Waals surface area contributed by atoms with Gasteiger partial charge in [0.1, 0.15) is 0 Å². The van der Waals surface area contributed by atoms with Gasteiger partial charge in [0.2, 0.25) is 0 Å². The van der Waals surface area contributed by atoms with Crippen LogP contribution in [0.1, 0.15) is 124 Å². The van der Waals surface area contributed by atoms with Crippen molar-refractivity contribution >= 4 is 5.97 Å². The lowest BCUT2D eigenvalue weighted by Crippen LogP contribution is -2.21. The minimum Gasteiger partial charge on any atom is -0.481 e. The zero-order valence-electron chi connectivity index (χ0n) is 16.8. The van der Waals surface area contributed by atoms with E-state index >= 15 is 0 Å². The number of unbranched alkanes of at least 4 members (excludes halogenated alkanes) is 12. The zero-order valence-corrected chi connectivity index (χ0v) is 16.8. The highest BCUT2D eigenvalue weighted by molar-refractivity contribution is 5.70. The highest BCUT2D eigenvalue weighted by Gasteiger charge is 2.23. The molecule has 0 aliphatic carbocycles. The van der Waals surface area contributed by atoms with Crippen molar-refractivity contribution in [2.45, 2.75) is 124 Å². The summed E-state index contributed by atoms with van der Waals surface area (Å²) < 4.78 is 0. The largest absolute Gasteiger partial charge is 0.481 e. The SMILES string of the molecule is CCCCCCCCCCC(C(=O)O)C(C)CCCCCCCC. The first-order valence-corrected chi connectivity index (χ1v) is 10.9. The van der Waals surface area contributed by atoms with E-state index in [-0.39, 0.29) is 5.92 Å². The molecule has 2 unspecified atom stereocenters. The minimum atomic E-state index is -0.573. The first-order valence-electron chi connectivity index (χ1n) is 10.9. The average molecular weight is 341 g/mol. The van der Waals surface area contributed by atoms with Crippen LogP contribution in [-0.2, 0) is 4.79 Å². The molecule has 0 aliphatic heterocycles. The normalized spacial score (nSPS) is 13.8. The van der Waals surface area contributed by atoms with Gasteiger partial charge in [-0.2, -0.15) is 0 Å². The highest BCUT2D eigenvalue weighted by Crippen LogP contribution is 2.25. The van der Waals surface area contributed by atoms with Gasteiger partial charge in [0.15, 0.2) is 0 Å². The molecule has 0 bridgehead atoms. The lowest BCUT2D eigenvalue weighted by atomic mass is 9.85. The number of hydrogen-bond acceptors (Lipinski definition) is 1. The topological polar surface area (TPSA) is 37.3 Å². The van der Waals surface area contributed by atoms with Gasteiger partial charge in [-0.15, -0.1) is 0 Å². The smallest absolute Gasteiger partial charge is 0.306 e. The summed E-state index contributed by atoms with van der Waals surface area (Å²) in [6, 6.07) is 0. The molecule has 0 aromatic carbocycles. The van der Waals surface area contributed by atoms with Crippen LogP contribution in [0.5, 0.6) is 0 Å². The van der Waals surface area contributed by atoms with Crippen molar-refractivity contribution < 1.29 is 9.90 Å². The molecule has 24 heavy (non-hydrogen) atoms. The van der Waals surface area contributed by atoms with Crippen LogP contribution in [0.4, 0.5) is 0 Å². The Balaban J connectivity index is 3.73. The van der Waals surface area contributed by atoms with Crippen molar-refractivity contribution in [2.75, 3.05) is 0 Å². The predicted octanol–water partition coefficient (Wildman–Crippen LogP) is 7.60. The summed E-state index contributed by atoms with van der Waals surface area (Å²) in [6.07, 6.45) is 20.0. The van der Waals surface area contributed by atoms with Gasteiger partial charge in [0.25, 0.3) is 0 Å². The van der Waals surface area contributed by atoms with Gasteiger partial charge in [0, 0.05) is 0 Å². The molecule has 0 amide bonds. The Morgan fingerprint density at radius 2 is 1.04 bits per heavy atom. The molecule has 0 radical (unpaired) electrons. The molecule has 0 saturated carbocycles. The lowest BCUT2D eigenvalue weighted by Gasteiger charge is -2.20. The maximum atomic E-state index is 11.6. The number of aliphatic carboxylic acids is 1. The maximum Gasteiger partial charge on any atom is 0.306 e. The third-order valence-electron chi connectivity index (χ3n) is 5.39. The molecule has 0 fully saturated rings. The Hall–Kier alpha value is -0.530. The Kier molecular flexibility index (Phi) is 16.9. The first kappa shape index (κ1) is 23.5. The summed E-state index contributed by atoms with van der Waals surface area (Å²) in [5.74, 6) is -0.365. The fourth-order valence-electron chi connectivity index (χ4n) is 3.60. The van der Waals surface area contributed by atoms with Crippen LogP contribution in [0, 0.1) is 11.8 Å². The maximum absolute atomic E-state index is 11.6. The molecule has 0 rings (SSSR count). The predicted molar refractivity (Wildman–Crippen MR) is 106 cm³/mol. The van der Waals surface area contributed by atoms with Crippen LogP contribution in [0.3, 0.4) is 0 Å². The van der Waals surface area contributed by atoms with Gasteiger partial charge in [0.05, 0.1) is 5.92 Å².